The summed E-state index contributed by atoms with van der Waals surface area (Å²) in [6, 6.07) is -0.245. The summed E-state index contributed by atoms with van der Waals surface area (Å²) in [7, 11) is 0. The molecule has 2 aliphatic heterocycles. The van der Waals surface area contributed by atoms with Gasteiger partial charge in [0.25, 0.3) is 0 Å². The maximum Gasteiger partial charge on any atom is 0.303 e. The molecule has 0 aromatic rings. The lowest BCUT2D eigenvalue weighted by molar-refractivity contribution is -0.138. The summed E-state index contributed by atoms with van der Waals surface area (Å²) >= 11 is 0. The molecule has 2 saturated heterocycles. The van der Waals surface area contributed by atoms with Crippen LogP contribution in [0.1, 0.15) is 32.1 Å². The van der Waals surface area contributed by atoms with Gasteiger partial charge in [-0.2, -0.15) is 0 Å². The fourth-order valence-electron chi connectivity index (χ4n) is 2.90. The first-order chi connectivity index (χ1) is 9.06. The van der Waals surface area contributed by atoms with E-state index in [1.807, 2.05) is 4.90 Å². The normalized spacial score (nSPS) is 28.6. The van der Waals surface area contributed by atoms with Gasteiger partial charge in [-0.1, -0.05) is 0 Å². The largest absolute Gasteiger partial charge is 0.481 e. The van der Waals surface area contributed by atoms with Crippen LogP contribution in [0.3, 0.4) is 0 Å². The first kappa shape index (κ1) is 14.3. The molecule has 0 saturated carbocycles. The van der Waals surface area contributed by atoms with Crippen LogP contribution in [0.4, 0.5) is 0 Å². The molecule has 3 N–H and O–H groups in total. The summed E-state index contributed by atoms with van der Waals surface area (Å²) < 4.78 is 0. The highest BCUT2D eigenvalue weighted by Gasteiger charge is 2.32. The fourth-order valence-corrected chi connectivity index (χ4v) is 2.90. The molecule has 0 aliphatic carbocycles. The van der Waals surface area contributed by atoms with Gasteiger partial charge in [0.15, 0.2) is 0 Å². The molecule has 0 aromatic carbocycles. The van der Waals surface area contributed by atoms with Gasteiger partial charge in [-0.3, -0.25) is 9.59 Å². The molecule has 19 heavy (non-hydrogen) atoms. The molecular formula is C13H22N2O4. The number of carboxylic acid groups (broad SMARTS) is 1. The van der Waals surface area contributed by atoms with Crippen molar-refractivity contribution in [2.24, 2.45) is 5.92 Å². The van der Waals surface area contributed by atoms with Crippen LogP contribution in [0.25, 0.3) is 0 Å². The monoisotopic (exact) mass is 270 g/mol. The van der Waals surface area contributed by atoms with Crippen LogP contribution in [-0.4, -0.2) is 58.8 Å². The van der Waals surface area contributed by atoms with E-state index in [0.717, 1.165) is 12.8 Å². The van der Waals surface area contributed by atoms with Crippen molar-refractivity contribution in [3.05, 3.63) is 0 Å². The number of piperidine rings is 1. The van der Waals surface area contributed by atoms with Gasteiger partial charge in [0.2, 0.25) is 5.91 Å². The maximum atomic E-state index is 12.2. The zero-order valence-electron chi connectivity index (χ0n) is 11.0. The highest BCUT2D eigenvalue weighted by molar-refractivity contribution is 5.82. The predicted octanol–water partition coefficient (Wildman–Crippen LogP) is -0.187. The minimum atomic E-state index is -0.748. The summed E-state index contributed by atoms with van der Waals surface area (Å²) in [5, 5.41) is 21.1. The lowest BCUT2D eigenvalue weighted by atomic mass is 9.92. The van der Waals surface area contributed by atoms with Crippen molar-refractivity contribution in [1.82, 2.24) is 10.2 Å². The summed E-state index contributed by atoms with van der Waals surface area (Å²) in [5.74, 6) is -0.252. The Balaban J connectivity index is 1.73. The number of carbonyl (C=O) groups is 2. The molecule has 0 aromatic heterocycles. The molecule has 6 heteroatoms. The Morgan fingerprint density at radius 2 is 1.95 bits per heavy atom. The summed E-state index contributed by atoms with van der Waals surface area (Å²) in [4.78, 5) is 24.5. The van der Waals surface area contributed by atoms with E-state index in [4.69, 9.17) is 5.11 Å². The van der Waals surface area contributed by atoms with Crippen molar-refractivity contribution in [1.29, 1.82) is 0 Å². The first-order valence-corrected chi connectivity index (χ1v) is 6.98. The van der Waals surface area contributed by atoms with E-state index in [1.165, 1.54) is 0 Å². The maximum absolute atomic E-state index is 12.2. The number of hydrogen-bond donors (Lipinski definition) is 3. The van der Waals surface area contributed by atoms with E-state index in [9.17, 15) is 14.7 Å². The Hall–Kier alpha value is -1.14. The van der Waals surface area contributed by atoms with E-state index in [2.05, 4.69) is 5.32 Å². The van der Waals surface area contributed by atoms with Crippen molar-refractivity contribution in [2.75, 3.05) is 19.6 Å². The number of β-amino-alcohol motifs (C(OH)–C–C–N with tert-alkyl or cyclic N) is 1. The zero-order valence-corrected chi connectivity index (χ0v) is 11.0. The van der Waals surface area contributed by atoms with Gasteiger partial charge in [-0.05, 0) is 31.6 Å². The Labute approximate surface area is 112 Å². The third-order valence-electron chi connectivity index (χ3n) is 4.10. The van der Waals surface area contributed by atoms with Gasteiger partial charge < -0.3 is 20.4 Å². The van der Waals surface area contributed by atoms with Crippen molar-refractivity contribution in [3.63, 3.8) is 0 Å². The van der Waals surface area contributed by atoms with E-state index in [1.54, 1.807) is 0 Å². The number of carboxylic acids is 1. The molecule has 0 bridgehead atoms. The molecule has 2 aliphatic rings. The molecule has 2 rings (SSSR count). The van der Waals surface area contributed by atoms with Crippen molar-refractivity contribution >= 4 is 11.9 Å². The van der Waals surface area contributed by atoms with Crippen LogP contribution in [0, 0.1) is 5.92 Å². The third kappa shape index (κ3) is 3.91. The van der Waals surface area contributed by atoms with Crippen LogP contribution in [0.15, 0.2) is 0 Å². The highest BCUT2D eigenvalue weighted by atomic mass is 16.4. The third-order valence-corrected chi connectivity index (χ3v) is 4.10. The Bertz CT molecular complexity index is 340. The topological polar surface area (TPSA) is 89.9 Å². The molecule has 6 nitrogen and oxygen atoms in total. The smallest absolute Gasteiger partial charge is 0.303 e. The Morgan fingerprint density at radius 1 is 1.26 bits per heavy atom. The Morgan fingerprint density at radius 3 is 2.47 bits per heavy atom. The minimum absolute atomic E-state index is 0.0771. The van der Waals surface area contributed by atoms with E-state index in [-0.39, 0.29) is 18.4 Å². The molecule has 108 valence electrons. The van der Waals surface area contributed by atoms with Crippen molar-refractivity contribution < 1.29 is 19.8 Å². The number of nitrogens with one attached hydrogen (secondary N) is 1. The van der Waals surface area contributed by atoms with Gasteiger partial charge in [-0.25, -0.2) is 0 Å². The molecule has 2 heterocycles. The average molecular weight is 270 g/mol. The quantitative estimate of drug-likeness (QED) is 0.659. The van der Waals surface area contributed by atoms with Crippen molar-refractivity contribution in [3.8, 4) is 0 Å². The van der Waals surface area contributed by atoms with Gasteiger partial charge in [0.1, 0.15) is 0 Å². The number of hydrogen-bond acceptors (Lipinski definition) is 4. The number of nitrogens with zero attached hydrogens (tertiary/aromatic N) is 1. The highest BCUT2D eigenvalue weighted by Crippen LogP contribution is 2.23. The van der Waals surface area contributed by atoms with Crippen LogP contribution < -0.4 is 5.32 Å². The van der Waals surface area contributed by atoms with Gasteiger partial charge in [0.05, 0.1) is 12.1 Å². The summed E-state index contributed by atoms with van der Waals surface area (Å²) in [5.41, 5.74) is 0. The fraction of sp³-hybridized carbons (Fsp3) is 0.846. The number of amides is 1. The molecule has 0 radical (unpaired) electrons. The zero-order chi connectivity index (χ0) is 13.8. The molecule has 0 spiro atoms. The average Bonchev–Trinajstić information content (AvgIpc) is 2.83. The standard InChI is InChI=1S/C13H22N2O4/c16-10-7-11(14-8-10)13(19)15-5-3-9(4-6-15)1-2-12(17)18/h9-11,14,16H,1-8H2,(H,17,18). The van der Waals surface area contributed by atoms with Crippen LogP contribution in [-0.2, 0) is 9.59 Å². The van der Waals surface area contributed by atoms with Gasteiger partial charge in [0, 0.05) is 26.1 Å². The Kier molecular flexibility index (Phi) is 4.76. The lowest BCUT2D eigenvalue weighted by Crippen LogP contribution is -2.47. The number of aliphatic hydroxyl groups excluding tert-OH is 1. The summed E-state index contributed by atoms with van der Waals surface area (Å²) in [6.07, 6.45) is 2.77. The first-order valence-electron chi connectivity index (χ1n) is 6.98. The molecule has 1 amide bonds. The predicted molar refractivity (Wildman–Crippen MR) is 68.6 cm³/mol. The summed E-state index contributed by atoms with van der Waals surface area (Å²) in [6.45, 7) is 1.90. The minimum Gasteiger partial charge on any atom is -0.481 e. The number of rotatable bonds is 4. The molecule has 2 unspecified atom stereocenters. The number of aliphatic carboxylic acids is 1. The van der Waals surface area contributed by atoms with Crippen LogP contribution >= 0.6 is 0 Å². The SMILES string of the molecule is O=C(O)CCC1CCN(C(=O)C2CC(O)CN2)CC1. The molecular weight excluding hydrogens is 248 g/mol. The molecule has 2 fully saturated rings. The van der Waals surface area contributed by atoms with Gasteiger partial charge in [-0.15, -0.1) is 0 Å². The number of aliphatic hydroxyl groups is 1. The second-order valence-corrected chi connectivity index (χ2v) is 5.55. The van der Waals surface area contributed by atoms with Crippen LogP contribution in [0.5, 0.6) is 0 Å². The van der Waals surface area contributed by atoms with E-state index < -0.39 is 12.1 Å². The lowest BCUT2D eigenvalue weighted by Gasteiger charge is -2.33. The van der Waals surface area contributed by atoms with Crippen molar-refractivity contribution in [2.45, 2.75) is 44.2 Å². The van der Waals surface area contributed by atoms with E-state index >= 15 is 0 Å². The van der Waals surface area contributed by atoms with E-state index in [0.29, 0.717) is 38.4 Å². The van der Waals surface area contributed by atoms with Crippen LogP contribution in [0.2, 0.25) is 0 Å². The van der Waals surface area contributed by atoms with Gasteiger partial charge >= 0.3 is 5.97 Å². The number of carbonyl (C=O) groups excluding carboxylic acids is 1. The second kappa shape index (κ2) is 6.34. The number of likely N-dealkylation sites (tertiary alicyclic amines) is 1. The molecule has 2 atom stereocenters. The second-order valence-electron chi connectivity index (χ2n) is 5.55.